The Bertz CT molecular complexity index is 732. The van der Waals surface area contributed by atoms with Crippen LogP contribution in [0.25, 0.3) is 0 Å². The van der Waals surface area contributed by atoms with Gasteiger partial charge in [-0.3, -0.25) is 0 Å². The van der Waals surface area contributed by atoms with Crippen LogP contribution in [0.4, 0.5) is 0 Å². The van der Waals surface area contributed by atoms with Crippen molar-refractivity contribution in [1.82, 2.24) is 0 Å². The highest BCUT2D eigenvalue weighted by Crippen LogP contribution is 2.51. The second-order valence-corrected chi connectivity index (χ2v) is 6.95. The lowest BCUT2D eigenvalue weighted by atomic mass is 9.66. The number of benzene rings is 1. The molecule has 2 atom stereocenters. The number of fused-ring (bicyclic) bond motifs is 3. The van der Waals surface area contributed by atoms with Crippen LogP contribution in [0.3, 0.4) is 0 Å². The largest absolute Gasteiger partial charge is 0.461 e. The highest BCUT2D eigenvalue weighted by Gasteiger charge is 2.40. The molecule has 0 N–H and O–H groups in total. The smallest absolute Gasteiger partial charge is 0.131 e. The summed E-state index contributed by atoms with van der Waals surface area (Å²) in [4.78, 5) is 0. The van der Waals surface area contributed by atoms with Crippen LogP contribution in [-0.2, 0) is 5.41 Å². The average Bonchev–Trinajstić information content (AvgIpc) is 2.53. The first-order valence-electron chi connectivity index (χ1n) is 8.53. The van der Waals surface area contributed by atoms with Gasteiger partial charge in [-0.2, -0.15) is 0 Å². The van der Waals surface area contributed by atoms with Crippen LogP contribution >= 0.6 is 0 Å². The van der Waals surface area contributed by atoms with Crippen molar-refractivity contribution in [2.24, 2.45) is 5.92 Å². The molecule has 1 aromatic rings. The molecule has 1 aromatic carbocycles. The first kappa shape index (κ1) is 15.9. The fourth-order valence-corrected chi connectivity index (χ4v) is 3.71. The van der Waals surface area contributed by atoms with E-state index in [-0.39, 0.29) is 5.41 Å². The van der Waals surface area contributed by atoms with Gasteiger partial charge in [0.2, 0.25) is 0 Å². The summed E-state index contributed by atoms with van der Waals surface area (Å²) in [6, 6.07) is 8.41. The third-order valence-electron chi connectivity index (χ3n) is 5.35. The van der Waals surface area contributed by atoms with Gasteiger partial charge in [-0.25, -0.2) is 0 Å². The standard InChI is InChI=1S/C22H26O/c1-6-15(2)16(3)14-18-10-9-13-22(5)19-11-7-8-12-20(19)23-17(4)21(18)22/h7-12,14-15H,3,6,13H2,1-2,4-5H3/b18-14-/t15-,22?/m0/s1. The van der Waals surface area contributed by atoms with Gasteiger partial charge in [-0.1, -0.05) is 69.4 Å². The Hall–Kier alpha value is -2.02. The van der Waals surface area contributed by atoms with E-state index in [1.807, 2.05) is 6.07 Å². The minimum atomic E-state index is -0.0186. The molecule has 1 heterocycles. The van der Waals surface area contributed by atoms with E-state index in [1.165, 1.54) is 22.3 Å². The van der Waals surface area contributed by atoms with Gasteiger partial charge < -0.3 is 4.74 Å². The molecule has 0 bridgehead atoms. The molecule has 23 heavy (non-hydrogen) atoms. The van der Waals surface area contributed by atoms with E-state index in [2.05, 4.69) is 70.7 Å². The monoisotopic (exact) mass is 306 g/mol. The van der Waals surface area contributed by atoms with E-state index in [0.717, 1.165) is 24.4 Å². The Balaban J connectivity index is 2.12. The minimum absolute atomic E-state index is 0.0186. The number of hydrogen-bond acceptors (Lipinski definition) is 1. The van der Waals surface area contributed by atoms with E-state index in [4.69, 9.17) is 4.74 Å². The number of allylic oxidation sites excluding steroid dienone is 7. The summed E-state index contributed by atoms with van der Waals surface area (Å²) in [7, 11) is 0. The first-order chi connectivity index (χ1) is 11.0. The third-order valence-corrected chi connectivity index (χ3v) is 5.35. The van der Waals surface area contributed by atoms with Crippen molar-refractivity contribution in [1.29, 1.82) is 0 Å². The maximum absolute atomic E-state index is 6.14. The third kappa shape index (κ3) is 2.59. The first-order valence-corrected chi connectivity index (χ1v) is 8.53. The van der Waals surface area contributed by atoms with Gasteiger partial charge >= 0.3 is 0 Å². The maximum Gasteiger partial charge on any atom is 0.131 e. The van der Waals surface area contributed by atoms with Crippen molar-refractivity contribution in [2.75, 3.05) is 0 Å². The van der Waals surface area contributed by atoms with Crippen molar-refractivity contribution in [3.05, 3.63) is 77.1 Å². The van der Waals surface area contributed by atoms with Crippen molar-refractivity contribution in [3.8, 4) is 5.75 Å². The molecule has 1 heteroatoms. The predicted octanol–water partition coefficient (Wildman–Crippen LogP) is 6.10. The van der Waals surface area contributed by atoms with Crippen molar-refractivity contribution >= 4 is 0 Å². The Morgan fingerprint density at radius 2 is 2.13 bits per heavy atom. The normalized spacial score (nSPS) is 25.7. The molecule has 1 unspecified atom stereocenters. The zero-order valence-corrected chi connectivity index (χ0v) is 14.6. The minimum Gasteiger partial charge on any atom is -0.461 e. The molecule has 0 fully saturated rings. The van der Waals surface area contributed by atoms with Gasteiger partial charge in [0.05, 0.1) is 0 Å². The van der Waals surface area contributed by atoms with Crippen LogP contribution in [0.5, 0.6) is 5.75 Å². The Morgan fingerprint density at radius 1 is 1.39 bits per heavy atom. The summed E-state index contributed by atoms with van der Waals surface area (Å²) in [6.45, 7) is 13.1. The summed E-state index contributed by atoms with van der Waals surface area (Å²) in [5.41, 5.74) is 5.01. The fraction of sp³-hybridized carbons (Fsp3) is 0.364. The summed E-state index contributed by atoms with van der Waals surface area (Å²) in [5, 5.41) is 0. The molecule has 1 aliphatic carbocycles. The summed E-state index contributed by atoms with van der Waals surface area (Å²) in [5.74, 6) is 2.51. The van der Waals surface area contributed by atoms with E-state index in [0.29, 0.717) is 5.92 Å². The van der Waals surface area contributed by atoms with Crippen LogP contribution in [0.1, 0.15) is 46.1 Å². The van der Waals surface area contributed by atoms with Gasteiger partial charge in [0.25, 0.3) is 0 Å². The molecule has 0 amide bonds. The molecule has 0 saturated carbocycles. The van der Waals surface area contributed by atoms with Gasteiger partial charge in [-0.15, -0.1) is 0 Å². The summed E-state index contributed by atoms with van der Waals surface area (Å²) < 4.78 is 6.14. The van der Waals surface area contributed by atoms with Crippen molar-refractivity contribution < 1.29 is 4.74 Å². The van der Waals surface area contributed by atoms with Crippen LogP contribution in [0.15, 0.2) is 71.6 Å². The van der Waals surface area contributed by atoms with Gasteiger partial charge in [0, 0.05) is 16.6 Å². The lowest BCUT2D eigenvalue weighted by Gasteiger charge is -2.41. The molecule has 0 radical (unpaired) electrons. The molecule has 0 saturated heterocycles. The van der Waals surface area contributed by atoms with Crippen LogP contribution in [0.2, 0.25) is 0 Å². The Morgan fingerprint density at radius 3 is 2.87 bits per heavy atom. The quantitative estimate of drug-likeness (QED) is 0.655. The Kier molecular flexibility index (Phi) is 4.06. The molecule has 0 aromatic heterocycles. The van der Waals surface area contributed by atoms with E-state index < -0.39 is 0 Å². The topological polar surface area (TPSA) is 9.23 Å². The zero-order chi connectivity index (χ0) is 16.6. The lowest BCUT2D eigenvalue weighted by molar-refractivity contribution is 0.361. The summed E-state index contributed by atoms with van der Waals surface area (Å²) in [6.07, 6.45) is 8.88. The van der Waals surface area contributed by atoms with Crippen molar-refractivity contribution in [2.45, 2.75) is 46.0 Å². The highest BCUT2D eigenvalue weighted by atomic mass is 16.5. The SMILES string of the molecule is C=C(/C=C1/C=CCC2(C)C1=C(C)Oc1ccccc12)[C@@H](C)CC. The van der Waals surface area contributed by atoms with Crippen LogP contribution < -0.4 is 4.74 Å². The van der Waals surface area contributed by atoms with Gasteiger partial charge in [0.15, 0.2) is 0 Å². The average molecular weight is 306 g/mol. The lowest BCUT2D eigenvalue weighted by Crippen LogP contribution is -2.32. The van der Waals surface area contributed by atoms with Crippen molar-refractivity contribution in [3.63, 3.8) is 0 Å². The molecule has 1 aliphatic heterocycles. The van der Waals surface area contributed by atoms with Gasteiger partial charge in [0.1, 0.15) is 11.5 Å². The second-order valence-electron chi connectivity index (χ2n) is 6.95. The van der Waals surface area contributed by atoms with Crippen LogP contribution in [0, 0.1) is 5.92 Å². The molecule has 3 rings (SSSR count). The number of hydrogen-bond donors (Lipinski definition) is 0. The number of rotatable bonds is 3. The molecule has 120 valence electrons. The predicted molar refractivity (Wildman–Crippen MR) is 97.6 cm³/mol. The molecular formula is C22H26O. The number of ether oxygens (including phenoxy) is 1. The number of para-hydroxylation sites is 1. The molecule has 2 aliphatic rings. The molecule has 1 nitrogen and oxygen atoms in total. The highest BCUT2D eigenvalue weighted by molar-refractivity contribution is 5.61. The molecular weight excluding hydrogens is 280 g/mol. The second kappa shape index (κ2) is 5.88. The van der Waals surface area contributed by atoms with Gasteiger partial charge in [-0.05, 0) is 37.3 Å². The Labute approximate surface area is 140 Å². The van der Waals surface area contributed by atoms with Crippen LogP contribution in [-0.4, -0.2) is 0 Å². The maximum atomic E-state index is 6.14. The summed E-state index contributed by atoms with van der Waals surface area (Å²) >= 11 is 0. The fourth-order valence-electron chi connectivity index (χ4n) is 3.71. The molecule has 0 spiro atoms. The van der Waals surface area contributed by atoms with E-state index >= 15 is 0 Å². The van der Waals surface area contributed by atoms with E-state index in [1.54, 1.807) is 0 Å². The zero-order valence-electron chi connectivity index (χ0n) is 14.6. The van der Waals surface area contributed by atoms with E-state index in [9.17, 15) is 0 Å².